The molecule has 108 valence electrons. The van der Waals surface area contributed by atoms with Crippen molar-refractivity contribution in [1.82, 2.24) is 0 Å². The largest absolute Gasteiger partial charge is 0.237 e. The van der Waals surface area contributed by atoms with Crippen LogP contribution in [0.3, 0.4) is 0 Å². The second kappa shape index (κ2) is 6.93. The Morgan fingerprint density at radius 1 is 0.895 bits per heavy atom. The van der Waals surface area contributed by atoms with Gasteiger partial charge in [-0.1, -0.05) is 31.5 Å². The molecular weight excluding hydrogens is 268 g/mol. The number of thioether (sulfide) groups is 1. The Labute approximate surface area is 127 Å². The van der Waals surface area contributed by atoms with Gasteiger partial charge in [-0.2, -0.15) is 0 Å². The van der Waals surface area contributed by atoms with E-state index in [4.69, 9.17) is 0 Å². The summed E-state index contributed by atoms with van der Waals surface area (Å²) in [4.78, 5) is 0. The molecule has 3 rings (SSSR count). The molecule has 0 amide bonds. The zero-order valence-corrected chi connectivity index (χ0v) is 14.0. The highest BCUT2D eigenvalue weighted by Gasteiger charge is 2.34. The van der Waals surface area contributed by atoms with Crippen molar-refractivity contribution in [3.8, 4) is 0 Å². The lowest BCUT2D eigenvalue weighted by atomic mass is 9.70. The summed E-state index contributed by atoms with van der Waals surface area (Å²) in [5.41, 5.74) is 0. The van der Waals surface area contributed by atoms with Gasteiger partial charge in [0.2, 0.25) is 4.20 Å². The molecule has 19 heavy (non-hydrogen) atoms. The van der Waals surface area contributed by atoms with E-state index >= 15 is 0 Å². The molecule has 2 saturated carbocycles. The minimum Gasteiger partial charge on any atom is -0.0694 e. The summed E-state index contributed by atoms with van der Waals surface area (Å²) in [5, 5.41) is 0. The summed E-state index contributed by atoms with van der Waals surface area (Å²) in [6, 6.07) is 0. The van der Waals surface area contributed by atoms with E-state index in [1.54, 1.807) is 0 Å². The van der Waals surface area contributed by atoms with Gasteiger partial charge in [0.05, 0.1) is 0 Å². The maximum Gasteiger partial charge on any atom is 0.237 e. The predicted molar refractivity (Wildman–Crippen MR) is 90.9 cm³/mol. The molecule has 0 radical (unpaired) electrons. The maximum absolute atomic E-state index is 2.45. The Kier molecular flexibility index (Phi) is 5.25. The zero-order valence-electron chi connectivity index (χ0n) is 12.4. The van der Waals surface area contributed by atoms with Crippen molar-refractivity contribution in [2.24, 2.45) is 23.7 Å². The fourth-order valence-electron chi connectivity index (χ4n) is 4.27. The molecule has 2 aliphatic carbocycles. The molecule has 0 N–H and O–H groups in total. The lowest BCUT2D eigenvalue weighted by Crippen LogP contribution is -2.28. The van der Waals surface area contributed by atoms with Gasteiger partial charge in [-0.15, -0.1) is 0 Å². The predicted octanol–water partition coefficient (Wildman–Crippen LogP) is 4.97. The lowest BCUT2D eigenvalue weighted by molar-refractivity contribution is 0.164. The van der Waals surface area contributed by atoms with Gasteiger partial charge in [-0.25, -0.2) is 0 Å². The van der Waals surface area contributed by atoms with Crippen molar-refractivity contribution in [1.29, 1.82) is 0 Å². The van der Waals surface area contributed by atoms with Crippen molar-refractivity contribution < 1.29 is 0 Å². The van der Waals surface area contributed by atoms with E-state index in [0.717, 1.165) is 23.7 Å². The molecule has 0 bridgehead atoms. The third-order valence-electron chi connectivity index (χ3n) is 5.61. The van der Waals surface area contributed by atoms with Crippen LogP contribution in [0.4, 0.5) is 0 Å². The second-order valence-corrected chi connectivity index (χ2v) is 9.53. The fourth-order valence-corrected chi connectivity index (χ4v) is 7.20. The third-order valence-corrected chi connectivity index (χ3v) is 8.54. The number of hydrogen-bond acceptors (Lipinski definition) is 1. The van der Waals surface area contributed by atoms with Crippen LogP contribution >= 0.6 is 11.8 Å². The summed E-state index contributed by atoms with van der Waals surface area (Å²) in [6.07, 6.45) is 13.6. The smallest absolute Gasteiger partial charge is 0.0694 e. The van der Waals surface area contributed by atoms with Gasteiger partial charge in [0.25, 0.3) is 0 Å². The van der Waals surface area contributed by atoms with Crippen molar-refractivity contribution >= 4 is 27.3 Å². The molecule has 3 aliphatic rings. The van der Waals surface area contributed by atoms with Crippen LogP contribution in [-0.2, 0) is 11.4 Å². The first kappa shape index (κ1) is 14.4. The molecule has 0 aromatic heterocycles. The van der Waals surface area contributed by atoms with Crippen LogP contribution in [0.5, 0.6) is 0 Å². The topological polar surface area (TPSA) is 0 Å². The quantitative estimate of drug-likeness (QED) is 0.512. The molecule has 0 unspecified atom stereocenters. The third kappa shape index (κ3) is 3.75. The molecule has 0 aromatic rings. The first-order valence-corrected chi connectivity index (χ1v) is 10.4. The summed E-state index contributed by atoms with van der Waals surface area (Å²) in [7, 11) is 0. The van der Waals surface area contributed by atoms with E-state index in [0.29, 0.717) is 0 Å². The van der Waals surface area contributed by atoms with Crippen molar-refractivity contribution in [2.75, 3.05) is 11.5 Å². The minimum atomic E-state index is 0.967. The molecule has 0 aromatic carbocycles. The summed E-state index contributed by atoms with van der Waals surface area (Å²) < 4.78 is 1.81. The van der Waals surface area contributed by atoms with Crippen LogP contribution in [0.1, 0.15) is 64.7 Å². The van der Waals surface area contributed by atoms with Gasteiger partial charge in [0.15, 0.2) is 17.1 Å². The van der Waals surface area contributed by atoms with Crippen LogP contribution < -0.4 is 0 Å². The average molecular weight is 298 g/mol. The Morgan fingerprint density at radius 3 is 2.11 bits per heavy atom. The molecule has 2 heteroatoms. The summed E-state index contributed by atoms with van der Waals surface area (Å²) >= 11 is 4.37. The molecule has 0 spiro atoms. The molecule has 0 atom stereocenters. The molecule has 0 saturated heterocycles. The van der Waals surface area contributed by atoms with Gasteiger partial charge in [0.1, 0.15) is 0 Å². The summed E-state index contributed by atoms with van der Waals surface area (Å²) in [5.74, 6) is 6.94. The van der Waals surface area contributed by atoms with Crippen molar-refractivity contribution in [3.63, 3.8) is 0 Å². The maximum atomic E-state index is 2.45. The molecule has 0 nitrogen and oxygen atoms in total. The SMILES string of the molecule is CC1CCC(C2CCC(C3=[S+]CCCS3)CC2)CC1. The molecule has 2 fully saturated rings. The second-order valence-electron chi connectivity index (χ2n) is 7.00. The van der Waals surface area contributed by atoms with E-state index < -0.39 is 0 Å². The standard InChI is InChI=1S/C17H29S2/c1-13-3-5-14(6-4-13)15-7-9-16(10-8-15)17-18-11-2-12-19-17/h13-16H,2-12H2,1H3/q+1. The van der Waals surface area contributed by atoms with Gasteiger partial charge >= 0.3 is 0 Å². The Balaban J connectivity index is 1.48. The highest BCUT2D eigenvalue weighted by atomic mass is 32.2. The first-order valence-electron chi connectivity index (χ1n) is 8.45. The van der Waals surface area contributed by atoms with E-state index in [1.165, 1.54) is 69.3 Å². The van der Waals surface area contributed by atoms with Crippen LogP contribution in [0, 0.1) is 23.7 Å². The normalized spacial score (nSPS) is 40.8. The lowest BCUT2D eigenvalue weighted by Gasteiger charge is -2.36. The van der Waals surface area contributed by atoms with Gasteiger partial charge in [0, 0.05) is 18.1 Å². The number of rotatable bonds is 2. The fraction of sp³-hybridized carbons (Fsp3) is 0.941. The Bertz CT molecular complexity index is 307. The Hall–Kier alpha value is 0.440. The Morgan fingerprint density at radius 2 is 1.53 bits per heavy atom. The van der Waals surface area contributed by atoms with Crippen molar-refractivity contribution in [3.05, 3.63) is 0 Å². The first-order chi connectivity index (χ1) is 9.33. The van der Waals surface area contributed by atoms with E-state index in [9.17, 15) is 0 Å². The molecule has 1 aliphatic heterocycles. The van der Waals surface area contributed by atoms with Crippen LogP contribution in [-0.4, -0.2) is 15.7 Å². The number of hydrogen-bond donors (Lipinski definition) is 0. The average Bonchev–Trinajstić information content (AvgIpc) is 2.49. The minimum absolute atomic E-state index is 0.967. The van der Waals surface area contributed by atoms with E-state index in [1.807, 2.05) is 4.20 Å². The van der Waals surface area contributed by atoms with Gasteiger partial charge in [-0.3, -0.25) is 0 Å². The van der Waals surface area contributed by atoms with Crippen LogP contribution in [0.15, 0.2) is 0 Å². The molecular formula is C17H29S2+. The van der Waals surface area contributed by atoms with Crippen LogP contribution in [0.25, 0.3) is 0 Å². The monoisotopic (exact) mass is 297 g/mol. The highest BCUT2D eigenvalue weighted by Crippen LogP contribution is 2.42. The van der Waals surface area contributed by atoms with Gasteiger partial charge in [-0.05, 0) is 56.3 Å². The molecule has 1 heterocycles. The van der Waals surface area contributed by atoms with E-state index in [2.05, 4.69) is 30.0 Å². The van der Waals surface area contributed by atoms with Gasteiger partial charge < -0.3 is 0 Å². The van der Waals surface area contributed by atoms with Crippen molar-refractivity contribution in [2.45, 2.75) is 64.7 Å². The summed E-state index contributed by atoms with van der Waals surface area (Å²) in [6.45, 7) is 2.45. The van der Waals surface area contributed by atoms with Crippen LogP contribution in [0.2, 0.25) is 0 Å². The van der Waals surface area contributed by atoms with E-state index in [-0.39, 0.29) is 0 Å². The zero-order chi connectivity index (χ0) is 13.1. The highest BCUT2D eigenvalue weighted by molar-refractivity contribution is 8.23.